The largest absolute Gasteiger partial charge is 0.489 e. The van der Waals surface area contributed by atoms with E-state index < -0.39 is 0 Å². The average Bonchev–Trinajstić information content (AvgIpc) is 2.81. The Bertz CT molecular complexity index is 596. The van der Waals surface area contributed by atoms with Gasteiger partial charge in [-0.15, -0.1) is 0 Å². The minimum Gasteiger partial charge on any atom is -0.489 e. The Morgan fingerprint density at radius 1 is 1.30 bits per heavy atom. The third-order valence-electron chi connectivity index (χ3n) is 4.55. The van der Waals surface area contributed by atoms with Crippen LogP contribution >= 0.6 is 0 Å². The zero-order chi connectivity index (χ0) is 16.4. The van der Waals surface area contributed by atoms with E-state index in [-0.39, 0.29) is 23.8 Å². The molecule has 2 aliphatic rings. The first-order chi connectivity index (χ1) is 11.0. The Hall–Kier alpha value is -2.04. The van der Waals surface area contributed by atoms with Gasteiger partial charge in [0.2, 0.25) is 11.8 Å². The van der Waals surface area contributed by atoms with Crippen molar-refractivity contribution in [3.8, 4) is 5.75 Å². The van der Waals surface area contributed by atoms with E-state index in [9.17, 15) is 9.59 Å². The van der Waals surface area contributed by atoms with Crippen LogP contribution < -0.4 is 10.1 Å². The molecule has 1 aromatic carbocycles. The summed E-state index contributed by atoms with van der Waals surface area (Å²) in [6, 6.07) is 7.78. The molecule has 5 nitrogen and oxygen atoms in total. The van der Waals surface area contributed by atoms with Gasteiger partial charge in [0.1, 0.15) is 5.75 Å². The Balaban J connectivity index is 1.64. The molecule has 2 fully saturated rings. The van der Waals surface area contributed by atoms with E-state index in [4.69, 9.17) is 4.74 Å². The van der Waals surface area contributed by atoms with Gasteiger partial charge in [0.25, 0.3) is 0 Å². The van der Waals surface area contributed by atoms with E-state index in [1.54, 1.807) is 0 Å². The molecule has 1 atom stereocenters. The minimum absolute atomic E-state index is 0.0372. The monoisotopic (exact) mass is 316 g/mol. The molecule has 1 saturated heterocycles. The van der Waals surface area contributed by atoms with Crippen LogP contribution in [0, 0.1) is 5.92 Å². The molecule has 0 radical (unpaired) electrons. The van der Waals surface area contributed by atoms with Crippen molar-refractivity contribution in [3.63, 3.8) is 0 Å². The fraction of sp³-hybridized carbons (Fsp3) is 0.556. The number of rotatable bonds is 5. The zero-order valence-electron chi connectivity index (χ0n) is 13.7. The van der Waals surface area contributed by atoms with Crippen LogP contribution in [0.5, 0.6) is 5.75 Å². The molecule has 1 aromatic rings. The molecule has 1 aliphatic heterocycles. The predicted molar refractivity (Wildman–Crippen MR) is 88.3 cm³/mol. The molecule has 1 N–H and O–H groups in total. The number of nitrogens with one attached hydrogen (secondary N) is 1. The molecule has 1 heterocycles. The fourth-order valence-corrected chi connectivity index (χ4v) is 3.12. The van der Waals surface area contributed by atoms with Crippen molar-refractivity contribution in [3.05, 3.63) is 24.3 Å². The van der Waals surface area contributed by atoms with E-state index in [1.807, 2.05) is 43.0 Å². The standard InChI is InChI=1S/C18H24N2O3/c1-12(2)23-16-9-4-3-8-15(16)19-18(22)13-10-17(21)20(11-13)14-6-5-7-14/h3-4,8-9,12-14H,5-7,10-11H2,1-2H3,(H,19,22). The van der Waals surface area contributed by atoms with E-state index in [1.165, 1.54) is 6.42 Å². The number of para-hydroxylation sites is 2. The molecule has 124 valence electrons. The van der Waals surface area contributed by atoms with Crippen LogP contribution in [-0.4, -0.2) is 35.4 Å². The highest BCUT2D eigenvalue weighted by Gasteiger charge is 2.39. The lowest BCUT2D eigenvalue weighted by Crippen LogP contribution is -2.41. The van der Waals surface area contributed by atoms with Crippen molar-refractivity contribution < 1.29 is 14.3 Å². The Kier molecular flexibility index (Phi) is 4.55. The smallest absolute Gasteiger partial charge is 0.229 e. The normalized spacial score (nSPS) is 21.4. The number of benzene rings is 1. The molecule has 0 bridgehead atoms. The maximum atomic E-state index is 12.5. The third-order valence-corrected chi connectivity index (χ3v) is 4.55. The number of hydrogen-bond acceptors (Lipinski definition) is 3. The summed E-state index contributed by atoms with van der Waals surface area (Å²) in [4.78, 5) is 26.5. The summed E-state index contributed by atoms with van der Waals surface area (Å²) in [5, 5.41) is 2.93. The van der Waals surface area contributed by atoms with E-state index in [2.05, 4.69) is 5.32 Å². The summed E-state index contributed by atoms with van der Waals surface area (Å²) in [7, 11) is 0. The van der Waals surface area contributed by atoms with Gasteiger partial charge in [0, 0.05) is 19.0 Å². The molecule has 0 spiro atoms. The Morgan fingerprint density at radius 2 is 2.04 bits per heavy atom. The summed E-state index contributed by atoms with van der Waals surface area (Å²) in [5.41, 5.74) is 0.667. The molecule has 5 heteroatoms. The first-order valence-corrected chi connectivity index (χ1v) is 8.40. The number of hydrogen-bond donors (Lipinski definition) is 1. The Labute approximate surface area is 137 Å². The summed E-state index contributed by atoms with van der Waals surface area (Å²) in [6.07, 6.45) is 3.69. The van der Waals surface area contributed by atoms with Crippen LogP contribution in [0.3, 0.4) is 0 Å². The maximum absolute atomic E-state index is 12.5. The number of likely N-dealkylation sites (tertiary alicyclic amines) is 1. The second-order valence-corrected chi connectivity index (χ2v) is 6.68. The lowest BCUT2D eigenvalue weighted by atomic mass is 9.92. The molecule has 23 heavy (non-hydrogen) atoms. The molecule has 3 rings (SSSR count). The van der Waals surface area contributed by atoms with Gasteiger partial charge in [-0.05, 0) is 45.2 Å². The maximum Gasteiger partial charge on any atom is 0.229 e. The number of carbonyl (C=O) groups is 2. The van der Waals surface area contributed by atoms with Gasteiger partial charge in [-0.2, -0.15) is 0 Å². The van der Waals surface area contributed by atoms with Crippen molar-refractivity contribution in [2.24, 2.45) is 5.92 Å². The van der Waals surface area contributed by atoms with Gasteiger partial charge in [0.05, 0.1) is 17.7 Å². The zero-order valence-corrected chi connectivity index (χ0v) is 13.7. The summed E-state index contributed by atoms with van der Waals surface area (Å²) in [5.74, 6) is 0.410. The number of ether oxygens (including phenoxy) is 1. The van der Waals surface area contributed by atoms with Crippen molar-refractivity contribution in [2.75, 3.05) is 11.9 Å². The fourth-order valence-electron chi connectivity index (χ4n) is 3.12. The average molecular weight is 316 g/mol. The van der Waals surface area contributed by atoms with Crippen LogP contribution in [0.15, 0.2) is 24.3 Å². The summed E-state index contributed by atoms with van der Waals surface area (Å²) in [6.45, 7) is 4.44. The van der Waals surface area contributed by atoms with Gasteiger partial charge in [0.15, 0.2) is 0 Å². The highest BCUT2D eigenvalue weighted by molar-refractivity contribution is 5.98. The van der Waals surface area contributed by atoms with Gasteiger partial charge in [-0.1, -0.05) is 12.1 Å². The van der Waals surface area contributed by atoms with Gasteiger partial charge < -0.3 is 15.0 Å². The lowest BCUT2D eigenvalue weighted by Gasteiger charge is -2.34. The minimum atomic E-state index is -0.268. The molecule has 1 saturated carbocycles. The molecule has 1 aliphatic carbocycles. The van der Waals surface area contributed by atoms with Crippen LogP contribution in [0.1, 0.15) is 39.5 Å². The van der Waals surface area contributed by atoms with Gasteiger partial charge in [-0.25, -0.2) is 0 Å². The number of nitrogens with zero attached hydrogens (tertiary/aromatic N) is 1. The SMILES string of the molecule is CC(C)Oc1ccccc1NC(=O)C1CC(=O)N(C2CCC2)C1. The molecular weight excluding hydrogens is 292 g/mol. The van der Waals surface area contributed by atoms with Crippen LogP contribution in [0.2, 0.25) is 0 Å². The second kappa shape index (κ2) is 6.60. The number of carbonyl (C=O) groups excluding carboxylic acids is 2. The molecule has 2 amide bonds. The summed E-state index contributed by atoms with van der Waals surface area (Å²) >= 11 is 0. The second-order valence-electron chi connectivity index (χ2n) is 6.68. The third kappa shape index (κ3) is 3.49. The molecule has 0 aromatic heterocycles. The number of anilines is 1. The highest BCUT2D eigenvalue weighted by atomic mass is 16.5. The van der Waals surface area contributed by atoms with Crippen molar-refractivity contribution in [1.29, 1.82) is 0 Å². The number of amides is 2. The van der Waals surface area contributed by atoms with E-state index in [0.29, 0.717) is 30.4 Å². The lowest BCUT2D eigenvalue weighted by molar-refractivity contribution is -0.131. The first kappa shape index (κ1) is 15.8. The first-order valence-electron chi connectivity index (χ1n) is 8.40. The predicted octanol–water partition coefficient (Wildman–Crippen LogP) is 2.81. The van der Waals surface area contributed by atoms with Crippen molar-refractivity contribution in [1.82, 2.24) is 4.90 Å². The van der Waals surface area contributed by atoms with E-state index >= 15 is 0 Å². The topological polar surface area (TPSA) is 58.6 Å². The Morgan fingerprint density at radius 3 is 2.70 bits per heavy atom. The van der Waals surface area contributed by atoms with Crippen molar-refractivity contribution >= 4 is 17.5 Å². The molecule has 1 unspecified atom stereocenters. The van der Waals surface area contributed by atoms with Crippen molar-refractivity contribution in [2.45, 2.75) is 51.7 Å². The van der Waals surface area contributed by atoms with Crippen LogP contribution in [0.4, 0.5) is 5.69 Å². The quantitative estimate of drug-likeness (QED) is 0.909. The van der Waals surface area contributed by atoms with Gasteiger partial charge in [-0.3, -0.25) is 9.59 Å². The van der Waals surface area contributed by atoms with Gasteiger partial charge >= 0.3 is 0 Å². The summed E-state index contributed by atoms with van der Waals surface area (Å²) < 4.78 is 5.72. The van der Waals surface area contributed by atoms with Crippen LogP contribution in [-0.2, 0) is 9.59 Å². The van der Waals surface area contributed by atoms with Crippen LogP contribution in [0.25, 0.3) is 0 Å². The molecular formula is C18H24N2O3. The van der Waals surface area contributed by atoms with E-state index in [0.717, 1.165) is 12.8 Å². The highest BCUT2D eigenvalue weighted by Crippen LogP contribution is 2.32.